The zero-order valence-corrected chi connectivity index (χ0v) is 31.4. The van der Waals surface area contributed by atoms with Crippen molar-refractivity contribution in [3.8, 4) is 27.9 Å². The number of furan rings is 1. The maximum absolute atomic E-state index is 6.62. The number of hydrogen-bond acceptors (Lipinski definition) is 2. The van der Waals surface area contributed by atoms with Crippen molar-refractivity contribution in [2.45, 2.75) is 45.4 Å². The lowest BCUT2D eigenvalue weighted by Crippen LogP contribution is -2.16. The molecule has 0 spiro atoms. The molecule has 10 rings (SSSR count). The van der Waals surface area contributed by atoms with Crippen molar-refractivity contribution in [1.82, 2.24) is 4.57 Å². The highest BCUT2D eigenvalue weighted by atomic mass is 16.3. The minimum absolute atomic E-state index is 0.0765. The monoisotopic (exact) mass is 698 g/mol. The van der Waals surface area contributed by atoms with E-state index in [9.17, 15) is 0 Å². The summed E-state index contributed by atoms with van der Waals surface area (Å²) in [6, 6.07) is 59.6. The minimum Gasteiger partial charge on any atom is -0.454 e. The smallest absolute Gasteiger partial charge is 0.161 e. The zero-order chi connectivity index (χ0) is 36.8. The SMILES string of the molecule is CC(C)(C)c1ccc(-n2c3ccc(-c4ccc(N(c5ccccc5)c5ccc6c(c5)C(C)(C)c5ccccc5-6)cc4)cc3c3oc4ccccc4c32)cc1. The molecule has 0 atom stereocenters. The molecule has 54 heavy (non-hydrogen) atoms. The van der Waals surface area contributed by atoms with E-state index in [0.29, 0.717) is 0 Å². The van der Waals surface area contributed by atoms with Crippen LogP contribution in [0.15, 0.2) is 168 Å². The van der Waals surface area contributed by atoms with Gasteiger partial charge in [0, 0.05) is 38.9 Å². The van der Waals surface area contributed by atoms with Crippen LogP contribution in [0.25, 0.3) is 60.9 Å². The average molecular weight is 699 g/mol. The van der Waals surface area contributed by atoms with Crippen LogP contribution >= 0.6 is 0 Å². The Balaban J connectivity index is 1.07. The van der Waals surface area contributed by atoms with Gasteiger partial charge >= 0.3 is 0 Å². The van der Waals surface area contributed by atoms with Crippen molar-refractivity contribution in [2.75, 3.05) is 4.90 Å². The summed E-state index contributed by atoms with van der Waals surface area (Å²) in [6.07, 6.45) is 0. The number of hydrogen-bond donors (Lipinski definition) is 0. The lowest BCUT2D eigenvalue weighted by molar-refractivity contribution is 0.590. The zero-order valence-electron chi connectivity index (χ0n) is 31.4. The van der Waals surface area contributed by atoms with Gasteiger partial charge in [-0.3, -0.25) is 0 Å². The topological polar surface area (TPSA) is 21.3 Å². The Kier molecular flexibility index (Phi) is 7.09. The van der Waals surface area contributed by atoms with Gasteiger partial charge in [0.25, 0.3) is 0 Å². The Hall–Kier alpha value is -6.32. The highest BCUT2D eigenvalue weighted by molar-refractivity contribution is 6.17. The number of para-hydroxylation sites is 2. The minimum atomic E-state index is -0.0765. The van der Waals surface area contributed by atoms with Crippen LogP contribution in [0.3, 0.4) is 0 Å². The van der Waals surface area contributed by atoms with Crippen LogP contribution in [-0.4, -0.2) is 4.57 Å². The van der Waals surface area contributed by atoms with Gasteiger partial charge in [-0.1, -0.05) is 126 Å². The molecule has 1 aliphatic rings. The highest BCUT2D eigenvalue weighted by Gasteiger charge is 2.35. The third-order valence-corrected chi connectivity index (χ3v) is 11.6. The summed E-state index contributed by atoms with van der Waals surface area (Å²) >= 11 is 0. The first kappa shape index (κ1) is 32.3. The molecule has 262 valence electrons. The molecule has 0 N–H and O–H groups in total. The number of aromatic nitrogens is 1. The molecular formula is C51H42N2O. The normalized spacial score (nSPS) is 13.4. The van der Waals surface area contributed by atoms with Gasteiger partial charge in [-0.2, -0.15) is 0 Å². The maximum Gasteiger partial charge on any atom is 0.161 e. The third kappa shape index (κ3) is 4.95. The van der Waals surface area contributed by atoms with Gasteiger partial charge in [0.05, 0.1) is 5.52 Å². The number of fused-ring (bicyclic) bond motifs is 8. The molecule has 2 heterocycles. The fraction of sp³-hybridized carbons (Fsp3) is 0.137. The Morgan fingerprint density at radius 3 is 1.96 bits per heavy atom. The second-order valence-electron chi connectivity index (χ2n) is 16.3. The Bertz CT molecular complexity index is 2860. The van der Waals surface area contributed by atoms with E-state index >= 15 is 0 Å². The summed E-state index contributed by atoms with van der Waals surface area (Å²) < 4.78 is 8.99. The van der Waals surface area contributed by atoms with Gasteiger partial charge in [0.15, 0.2) is 5.58 Å². The van der Waals surface area contributed by atoms with Crippen LogP contribution in [0.4, 0.5) is 17.1 Å². The van der Waals surface area contributed by atoms with E-state index in [2.05, 4.69) is 202 Å². The van der Waals surface area contributed by atoms with Crippen LogP contribution in [0.5, 0.6) is 0 Å². The van der Waals surface area contributed by atoms with Crippen molar-refractivity contribution in [1.29, 1.82) is 0 Å². The molecule has 0 saturated heterocycles. The lowest BCUT2D eigenvalue weighted by atomic mass is 9.82. The molecule has 3 nitrogen and oxygen atoms in total. The second kappa shape index (κ2) is 11.8. The first-order valence-electron chi connectivity index (χ1n) is 18.9. The molecule has 0 unspecified atom stereocenters. The fourth-order valence-corrected chi connectivity index (χ4v) is 8.69. The molecule has 1 aliphatic carbocycles. The lowest BCUT2D eigenvalue weighted by Gasteiger charge is -2.28. The van der Waals surface area contributed by atoms with Gasteiger partial charge in [-0.25, -0.2) is 0 Å². The number of anilines is 3. The van der Waals surface area contributed by atoms with Crippen molar-refractivity contribution in [3.63, 3.8) is 0 Å². The Morgan fingerprint density at radius 2 is 1.19 bits per heavy atom. The molecular weight excluding hydrogens is 657 g/mol. The summed E-state index contributed by atoms with van der Waals surface area (Å²) in [5.41, 5.74) is 17.6. The molecule has 2 aromatic heterocycles. The summed E-state index contributed by atoms with van der Waals surface area (Å²) in [6.45, 7) is 11.5. The van der Waals surface area contributed by atoms with E-state index in [1.165, 1.54) is 27.8 Å². The van der Waals surface area contributed by atoms with E-state index in [1.807, 2.05) is 6.07 Å². The van der Waals surface area contributed by atoms with E-state index in [4.69, 9.17) is 4.42 Å². The van der Waals surface area contributed by atoms with E-state index in [1.54, 1.807) is 0 Å². The summed E-state index contributed by atoms with van der Waals surface area (Å²) in [7, 11) is 0. The Morgan fingerprint density at radius 1 is 0.537 bits per heavy atom. The number of nitrogens with zero attached hydrogens (tertiary/aromatic N) is 2. The number of rotatable bonds is 5. The van der Waals surface area contributed by atoms with E-state index in [-0.39, 0.29) is 10.8 Å². The quantitative estimate of drug-likeness (QED) is 0.178. The molecule has 9 aromatic rings. The first-order valence-corrected chi connectivity index (χ1v) is 18.9. The molecule has 7 aromatic carbocycles. The molecule has 0 aliphatic heterocycles. The van der Waals surface area contributed by atoms with Gasteiger partial charge in [-0.15, -0.1) is 0 Å². The first-order chi connectivity index (χ1) is 26.2. The highest BCUT2D eigenvalue weighted by Crippen LogP contribution is 2.50. The second-order valence-corrected chi connectivity index (χ2v) is 16.3. The summed E-state index contributed by atoms with van der Waals surface area (Å²) in [4.78, 5) is 2.37. The van der Waals surface area contributed by atoms with Crippen LogP contribution in [0, 0.1) is 0 Å². The average Bonchev–Trinajstić information content (AvgIpc) is 3.80. The van der Waals surface area contributed by atoms with Crippen LogP contribution < -0.4 is 4.90 Å². The molecule has 0 fully saturated rings. The van der Waals surface area contributed by atoms with Crippen LogP contribution in [-0.2, 0) is 10.8 Å². The molecule has 0 amide bonds. The summed E-state index contributed by atoms with van der Waals surface area (Å²) in [5.74, 6) is 0. The van der Waals surface area contributed by atoms with Gasteiger partial charge < -0.3 is 13.9 Å². The third-order valence-electron chi connectivity index (χ3n) is 11.6. The molecule has 0 saturated carbocycles. The van der Waals surface area contributed by atoms with Gasteiger partial charge in [-0.05, 0) is 117 Å². The van der Waals surface area contributed by atoms with Crippen molar-refractivity contribution in [3.05, 3.63) is 180 Å². The van der Waals surface area contributed by atoms with Crippen LogP contribution in [0.2, 0.25) is 0 Å². The maximum atomic E-state index is 6.62. The standard InChI is InChI=1S/C51H42N2O/c1-50(2,3)35-22-26-38(27-23-35)53-46-30-21-34(31-43(46)49-48(53)42-16-10-12-18-47(42)54-49)33-19-24-37(25-20-33)52(36-13-7-6-8-14-36)39-28-29-41-40-15-9-11-17-44(40)51(4,5)45(41)32-39/h6-32H,1-5H3. The Labute approximate surface area is 316 Å². The largest absolute Gasteiger partial charge is 0.454 e. The van der Waals surface area contributed by atoms with Crippen molar-refractivity contribution in [2.24, 2.45) is 0 Å². The predicted octanol–water partition coefficient (Wildman–Crippen LogP) is 14.3. The van der Waals surface area contributed by atoms with E-state index < -0.39 is 0 Å². The summed E-state index contributed by atoms with van der Waals surface area (Å²) in [5, 5.41) is 2.23. The predicted molar refractivity (Wildman–Crippen MR) is 227 cm³/mol. The molecule has 0 radical (unpaired) electrons. The van der Waals surface area contributed by atoms with Crippen molar-refractivity contribution >= 4 is 50.0 Å². The van der Waals surface area contributed by atoms with Gasteiger partial charge in [0.1, 0.15) is 11.1 Å². The molecule has 0 bridgehead atoms. The van der Waals surface area contributed by atoms with E-state index in [0.717, 1.165) is 66.8 Å². The molecule has 3 heteroatoms. The van der Waals surface area contributed by atoms with Crippen molar-refractivity contribution < 1.29 is 4.42 Å². The fourth-order valence-electron chi connectivity index (χ4n) is 8.69. The number of benzene rings is 7. The van der Waals surface area contributed by atoms with Crippen LogP contribution in [0.1, 0.15) is 51.3 Å². The van der Waals surface area contributed by atoms with Gasteiger partial charge in [0.2, 0.25) is 0 Å².